The van der Waals surface area contributed by atoms with Crippen molar-refractivity contribution in [2.45, 2.75) is 244 Å². The number of H-pyrrole nitrogens is 1. The smallest absolute Gasteiger partial charge is 0.407 e. The predicted molar refractivity (Wildman–Crippen MR) is 256 cm³/mol. The molecule has 1 amide bonds. The van der Waals surface area contributed by atoms with Crippen LogP contribution in [0.4, 0.5) is 9.18 Å². The van der Waals surface area contributed by atoms with Crippen LogP contribution in [0.2, 0.25) is 0 Å². The molecule has 16 nitrogen and oxygen atoms in total. The van der Waals surface area contributed by atoms with E-state index < -0.39 is 78.2 Å². The number of rotatable bonds is 41. The van der Waals surface area contributed by atoms with Crippen LogP contribution in [0.3, 0.4) is 0 Å². The molecule has 2 rings (SSSR count). The van der Waals surface area contributed by atoms with Gasteiger partial charge >= 0.3 is 35.7 Å². The van der Waals surface area contributed by atoms with E-state index in [9.17, 15) is 38.0 Å². The molecular formula is C51H86FN3O13. The molecule has 0 bridgehead atoms. The van der Waals surface area contributed by atoms with Crippen molar-refractivity contribution in [3.63, 3.8) is 0 Å². The summed E-state index contributed by atoms with van der Waals surface area (Å²) in [5.41, 5.74) is -2.12. The van der Waals surface area contributed by atoms with E-state index >= 15 is 0 Å². The molecule has 4 atom stereocenters. The zero-order valence-corrected chi connectivity index (χ0v) is 41.8. The van der Waals surface area contributed by atoms with Crippen LogP contribution in [0, 0.1) is 5.82 Å². The summed E-state index contributed by atoms with van der Waals surface area (Å²) in [6.07, 6.45) is 23.8. The molecule has 0 aliphatic carbocycles. The van der Waals surface area contributed by atoms with E-state index in [0.29, 0.717) is 25.5 Å². The Bertz CT molecular complexity index is 1670. The molecule has 2 heterocycles. The van der Waals surface area contributed by atoms with Crippen LogP contribution in [0.1, 0.15) is 226 Å². The van der Waals surface area contributed by atoms with E-state index in [1.807, 2.05) is 4.98 Å². The number of nitrogens with one attached hydrogen (secondary N) is 2. The lowest BCUT2D eigenvalue weighted by Gasteiger charge is -2.19. The van der Waals surface area contributed by atoms with Crippen LogP contribution in [-0.4, -0.2) is 84.2 Å². The van der Waals surface area contributed by atoms with Crippen LogP contribution in [-0.2, 0) is 47.6 Å². The van der Waals surface area contributed by atoms with Gasteiger partial charge in [0.15, 0.2) is 6.10 Å². The third-order valence-electron chi connectivity index (χ3n) is 12.0. The highest BCUT2D eigenvalue weighted by molar-refractivity contribution is 5.72. The molecule has 1 aromatic heterocycles. The van der Waals surface area contributed by atoms with Crippen molar-refractivity contribution in [1.29, 1.82) is 0 Å². The van der Waals surface area contributed by atoms with Gasteiger partial charge in [0.05, 0.1) is 12.6 Å². The third-order valence-corrected chi connectivity index (χ3v) is 12.0. The number of hydrogen-bond acceptors (Lipinski definition) is 13. The van der Waals surface area contributed by atoms with E-state index in [-0.39, 0.29) is 51.9 Å². The minimum atomic E-state index is -1.21. The average molecular weight is 968 g/mol. The van der Waals surface area contributed by atoms with Crippen molar-refractivity contribution >= 4 is 30.0 Å². The predicted octanol–water partition coefficient (Wildman–Crippen LogP) is 10.4. The Labute approximate surface area is 404 Å². The zero-order chi connectivity index (χ0) is 49.6. The minimum absolute atomic E-state index is 0.0747. The molecule has 1 aliphatic rings. The number of aromatic nitrogens is 2. The molecule has 17 heteroatoms. The summed E-state index contributed by atoms with van der Waals surface area (Å²) in [4.78, 5) is 89.7. The fourth-order valence-corrected chi connectivity index (χ4v) is 7.95. The van der Waals surface area contributed by atoms with E-state index in [1.165, 1.54) is 83.5 Å². The summed E-state index contributed by atoms with van der Waals surface area (Å²) < 4.78 is 48.3. The number of nitrogens with zero attached hydrogens (tertiary/aromatic N) is 1. The molecule has 1 aromatic rings. The molecule has 2 N–H and O–H groups in total. The monoisotopic (exact) mass is 968 g/mol. The summed E-state index contributed by atoms with van der Waals surface area (Å²) in [5, 5.41) is 2.46. The second kappa shape index (κ2) is 38.6. The SMILES string of the molecule is CCCCCCCCCCCC(=O)OCC(COC(=O)CCCCCCCCCC)OC(=O)NCCC(=O)OC[C@H]1O[C@@H](n2cc(F)c(=O)[nH]c2=O)C[C@@H]1OC(=O)CCCCCCCCCCC. The van der Waals surface area contributed by atoms with Crippen LogP contribution in [0.5, 0.6) is 0 Å². The van der Waals surface area contributed by atoms with E-state index in [2.05, 4.69) is 26.1 Å². The Hall–Kier alpha value is -4.28. The van der Waals surface area contributed by atoms with Crippen molar-refractivity contribution in [2.75, 3.05) is 26.4 Å². The van der Waals surface area contributed by atoms with Crippen LogP contribution in [0.25, 0.3) is 0 Å². The van der Waals surface area contributed by atoms with Crippen LogP contribution >= 0.6 is 0 Å². The number of carbonyl (C=O) groups is 5. The van der Waals surface area contributed by atoms with Gasteiger partial charge in [0.2, 0.25) is 5.82 Å². The molecular weight excluding hydrogens is 882 g/mol. The van der Waals surface area contributed by atoms with Crippen molar-refractivity contribution < 1.29 is 56.8 Å². The second-order valence-electron chi connectivity index (χ2n) is 18.2. The first-order valence-electron chi connectivity index (χ1n) is 26.2. The Morgan fingerprint density at radius 3 is 1.53 bits per heavy atom. The molecule has 0 spiro atoms. The largest absolute Gasteiger partial charge is 0.463 e. The maximum absolute atomic E-state index is 14.2. The summed E-state index contributed by atoms with van der Waals surface area (Å²) in [6.45, 7) is 5.31. The minimum Gasteiger partial charge on any atom is -0.463 e. The normalized spacial score (nSPS) is 16.0. The van der Waals surface area contributed by atoms with Gasteiger partial charge in [-0.05, 0) is 19.3 Å². The standard InChI is InChI=1S/C51H86FN3O13/c1-4-7-10-13-16-19-22-25-28-31-46(57)64-38-40(37-63-45(56)30-27-24-21-18-15-12-9-6-3)66-51(62)53-34-33-47(58)65-39-43-42(35-44(67-43)55-36-41(52)49(60)54-50(55)61)68-48(59)32-29-26-23-20-17-14-11-8-5-2/h36,40,42-44H,4-35,37-39H2,1-3H3,(H,53,62)(H,54,60,61)/t40?,42-,43+,44+/m0/s1. The number of hydrogen-bond donors (Lipinski definition) is 2. The Balaban J connectivity index is 1.88. The number of amides is 1. The molecule has 1 fully saturated rings. The van der Waals surface area contributed by atoms with Gasteiger partial charge < -0.3 is 33.7 Å². The number of aromatic amines is 1. The highest BCUT2D eigenvalue weighted by atomic mass is 19.1. The van der Waals surface area contributed by atoms with Crippen molar-refractivity contribution in [3.8, 4) is 0 Å². The number of esters is 4. The van der Waals surface area contributed by atoms with Crippen molar-refractivity contribution in [1.82, 2.24) is 14.9 Å². The number of unbranched alkanes of at least 4 members (excludes halogenated alkanes) is 23. The lowest BCUT2D eigenvalue weighted by Crippen LogP contribution is -2.36. The molecule has 390 valence electrons. The summed E-state index contributed by atoms with van der Waals surface area (Å²) in [6, 6.07) is 0. The first-order valence-corrected chi connectivity index (χ1v) is 26.2. The highest BCUT2D eigenvalue weighted by Crippen LogP contribution is 2.31. The molecule has 1 unspecified atom stereocenters. The van der Waals surface area contributed by atoms with Crippen LogP contribution < -0.4 is 16.6 Å². The first kappa shape index (κ1) is 59.8. The topological polar surface area (TPSA) is 208 Å². The number of halogens is 1. The Morgan fingerprint density at radius 1 is 0.632 bits per heavy atom. The maximum Gasteiger partial charge on any atom is 0.407 e. The lowest BCUT2D eigenvalue weighted by atomic mass is 10.1. The fourth-order valence-electron chi connectivity index (χ4n) is 7.95. The number of ether oxygens (including phenoxy) is 6. The molecule has 0 saturated carbocycles. The molecule has 0 aromatic carbocycles. The number of alkyl carbamates (subject to hydrolysis) is 1. The van der Waals surface area contributed by atoms with Gasteiger partial charge in [-0.15, -0.1) is 0 Å². The summed E-state index contributed by atoms with van der Waals surface area (Å²) >= 11 is 0. The summed E-state index contributed by atoms with van der Waals surface area (Å²) in [5.74, 6) is -3.34. The van der Waals surface area contributed by atoms with Gasteiger partial charge in [-0.1, -0.05) is 168 Å². The third kappa shape index (κ3) is 28.9. The zero-order valence-electron chi connectivity index (χ0n) is 41.8. The lowest BCUT2D eigenvalue weighted by molar-refractivity contribution is -0.158. The fraction of sp³-hybridized carbons (Fsp3) is 0.824. The first-order chi connectivity index (χ1) is 33.0. The van der Waals surface area contributed by atoms with E-state index in [1.54, 1.807) is 0 Å². The van der Waals surface area contributed by atoms with Gasteiger partial charge in [-0.25, -0.2) is 9.59 Å². The van der Waals surface area contributed by atoms with E-state index in [0.717, 1.165) is 68.8 Å². The average Bonchev–Trinajstić information content (AvgIpc) is 3.71. The summed E-state index contributed by atoms with van der Waals surface area (Å²) in [7, 11) is 0. The van der Waals surface area contributed by atoms with Gasteiger partial charge in [-0.2, -0.15) is 4.39 Å². The van der Waals surface area contributed by atoms with Gasteiger partial charge in [0.25, 0.3) is 5.56 Å². The van der Waals surface area contributed by atoms with Crippen LogP contribution in [0.15, 0.2) is 15.8 Å². The van der Waals surface area contributed by atoms with Crippen molar-refractivity contribution in [2.24, 2.45) is 0 Å². The van der Waals surface area contributed by atoms with E-state index in [4.69, 9.17) is 28.4 Å². The maximum atomic E-state index is 14.2. The molecule has 0 radical (unpaired) electrons. The van der Waals surface area contributed by atoms with Crippen molar-refractivity contribution in [3.05, 3.63) is 32.9 Å². The van der Waals surface area contributed by atoms with Gasteiger partial charge in [-0.3, -0.25) is 33.5 Å². The second-order valence-corrected chi connectivity index (χ2v) is 18.2. The number of carbonyl (C=O) groups excluding carboxylic acids is 5. The molecule has 1 aliphatic heterocycles. The highest BCUT2D eigenvalue weighted by Gasteiger charge is 2.40. The molecule has 1 saturated heterocycles. The van der Waals surface area contributed by atoms with Gasteiger partial charge in [0.1, 0.15) is 38.3 Å². The van der Waals surface area contributed by atoms with Gasteiger partial charge in [0, 0.05) is 32.2 Å². The Kier molecular flexibility index (Phi) is 33.9. The Morgan fingerprint density at radius 2 is 1.06 bits per heavy atom. The quantitative estimate of drug-likeness (QED) is 0.0356. The molecule has 68 heavy (non-hydrogen) atoms.